The van der Waals surface area contributed by atoms with Crippen LogP contribution in [-0.4, -0.2) is 35.8 Å². The van der Waals surface area contributed by atoms with Gasteiger partial charge in [0.1, 0.15) is 0 Å². The van der Waals surface area contributed by atoms with E-state index in [2.05, 4.69) is 20.0 Å². The molecular weight excluding hydrogens is 431 g/mol. The van der Waals surface area contributed by atoms with Crippen molar-refractivity contribution in [1.29, 1.82) is 0 Å². The van der Waals surface area contributed by atoms with Crippen molar-refractivity contribution in [2.24, 2.45) is 20.0 Å². The fourth-order valence-electron chi connectivity index (χ4n) is 3.03. The van der Waals surface area contributed by atoms with Crippen LogP contribution in [0.25, 0.3) is 0 Å². The zero-order valence-electron chi connectivity index (χ0n) is 14.7. The molecule has 29 heavy (non-hydrogen) atoms. The van der Waals surface area contributed by atoms with Crippen LogP contribution in [-0.2, 0) is 22.4 Å². The standard InChI is InChI=1S/C20H11N4.Mn.HO3S/c1-2-14-10-16-5-6-18(23-16)12-20-8-7-19(24-20)11-17-4-3-15(22-17)9-13(1)21-14;;1-4(2)3/h1-7,9-12H;;(H,1,2,3). The van der Waals surface area contributed by atoms with Crippen molar-refractivity contribution in [3.05, 3.63) is 94.1 Å². The molecule has 5 aliphatic rings. The van der Waals surface area contributed by atoms with Crippen molar-refractivity contribution < 1.29 is 26.8 Å². The molecule has 5 rings (SSSR count). The van der Waals surface area contributed by atoms with Gasteiger partial charge in [0.25, 0.3) is 0 Å². The number of fused-ring (bicyclic) bond motifs is 4. The molecule has 0 amide bonds. The van der Waals surface area contributed by atoms with Crippen LogP contribution < -0.4 is 0 Å². The molecule has 8 bridgehead atoms. The Kier molecular flexibility index (Phi) is 4.25. The van der Waals surface area contributed by atoms with Gasteiger partial charge in [0, 0.05) is 0 Å². The van der Waals surface area contributed by atoms with Gasteiger partial charge in [-0.3, -0.25) is 0 Å². The Hall–Kier alpha value is -2.97. The fourth-order valence-corrected chi connectivity index (χ4v) is 5.25. The third-order valence-corrected chi connectivity index (χ3v) is 6.70. The van der Waals surface area contributed by atoms with Crippen molar-refractivity contribution in [2.75, 3.05) is 0 Å². The summed E-state index contributed by atoms with van der Waals surface area (Å²) in [7, 11) is -4.17. The van der Waals surface area contributed by atoms with Gasteiger partial charge >= 0.3 is 172 Å². The van der Waals surface area contributed by atoms with Gasteiger partial charge < -0.3 is 0 Å². The summed E-state index contributed by atoms with van der Waals surface area (Å²) >= 11 is -0.846. The van der Waals surface area contributed by atoms with Crippen LogP contribution in [0.1, 0.15) is 0 Å². The van der Waals surface area contributed by atoms with Gasteiger partial charge in [-0.2, -0.15) is 0 Å². The third-order valence-electron chi connectivity index (χ3n) is 4.17. The molecule has 143 valence electrons. The quantitative estimate of drug-likeness (QED) is 0.524. The normalized spacial score (nSPS) is 21.8. The van der Waals surface area contributed by atoms with Crippen LogP contribution >= 0.6 is 0 Å². The molecule has 0 fully saturated rings. The van der Waals surface area contributed by atoms with Crippen molar-refractivity contribution in [1.82, 2.24) is 0 Å². The van der Waals surface area contributed by atoms with Gasteiger partial charge in [0.05, 0.1) is 0 Å². The van der Waals surface area contributed by atoms with Crippen molar-refractivity contribution in [3.63, 3.8) is 0 Å². The number of nitrogens with zero attached hydrogens (tertiary/aromatic N) is 4. The Labute approximate surface area is 172 Å². The first-order chi connectivity index (χ1) is 13.9. The number of rotatable bonds is 2. The van der Waals surface area contributed by atoms with E-state index in [0.29, 0.717) is 27.3 Å². The van der Waals surface area contributed by atoms with E-state index in [1.54, 1.807) is 18.2 Å². The maximum absolute atomic E-state index is 11.4. The molecule has 0 aromatic carbocycles. The van der Waals surface area contributed by atoms with Gasteiger partial charge in [-0.05, 0) is 0 Å². The number of hydrogen-bond donors (Lipinski definition) is 1. The molecule has 7 nitrogen and oxygen atoms in total. The zero-order chi connectivity index (χ0) is 20.0. The summed E-state index contributed by atoms with van der Waals surface area (Å²) in [6, 6.07) is 0. The summed E-state index contributed by atoms with van der Waals surface area (Å²) in [6.45, 7) is 0. The first-order valence-electron chi connectivity index (χ1n) is 8.52. The van der Waals surface area contributed by atoms with E-state index in [-0.39, 0.29) is 0 Å². The maximum atomic E-state index is 11.4. The van der Waals surface area contributed by atoms with Crippen molar-refractivity contribution >= 4 is 31.4 Å². The Morgan fingerprint density at radius 2 is 1.10 bits per heavy atom. The Morgan fingerprint density at radius 3 is 1.62 bits per heavy atom. The van der Waals surface area contributed by atoms with Crippen LogP contribution in [0.2, 0.25) is 0 Å². The summed E-state index contributed by atoms with van der Waals surface area (Å²) in [6.07, 6.45) is 20.1. The molecule has 0 saturated carbocycles. The van der Waals surface area contributed by atoms with E-state index in [4.69, 9.17) is 0 Å². The van der Waals surface area contributed by atoms with Crippen LogP contribution in [0.4, 0.5) is 0 Å². The van der Waals surface area contributed by atoms with Gasteiger partial charge in [0.2, 0.25) is 0 Å². The Balaban J connectivity index is 1.64. The minimum atomic E-state index is -4.17. The Morgan fingerprint density at radius 1 is 0.621 bits per heavy atom. The second kappa shape index (κ2) is 6.82. The number of allylic oxidation sites excluding steroid dienone is 12. The summed E-state index contributed by atoms with van der Waals surface area (Å²) in [5, 5.41) is 0. The van der Waals surface area contributed by atoms with Crippen LogP contribution in [0, 0.1) is 0 Å². The topological polar surface area (TPSA) is 104 Å². The molecule has 0 radical (unpaired) electrons. The third kappa shape index (κ3) is 4.08. The summed E-state index contributed by atoms with van der Waals surface area (Å²) in [4.78, 5) is 18.1. The molecule has 0 aromatic rings. The van der Waals surface area contributed by atoms with Gasteiger partial charge in [-0.15, -0.1) is 0 Å². The van der Waals surface area contributed by atoms with Crippen LogP contribution in [0.5, 0.6) is 0 Å². The van der Waals surface area contributed by atoms with E-state index in [0.717, 1.165) is 22.8 Å². The first-order valence-corrected chi connectivity index (χ1v) is 11.9. The number of aliphatic imine (C=N–C) groups is 4. The predicted octanol–water partition coefficient (Wildman–Crippen LogP) is 2.79. The van der Waals surface area contributed by atoms with Gasteiger partial charge in [0.15, 0.2) is 0 Å². The summed E-state index contributed by atoms with van der Waals surface area (Å²) in [5.41, 5.74) is 5.44. The van der Waals surface area contributed by atoms with Crippen LogP contribution in [0.3, 0.4) is 0 Å². The minimum absolute atomic E-state index is 0.431. The van der Waals surface area contributed by atoms with Crippen molar-refractivity contribution in [2.45, 2.75) is 0 Å². The predicted molar refractivity (Wildman–Crippen MR) is 109 cm³/mol. The zero-order valence-corrected chi connectivity index (χ0v) is 16.7. The SMILES string of the molecule is O=[S](=O)(O)[Mn][C]1=CC2=CC3=NC(=CC4=NC(=CC5=NC(=CC1=N2)C=C5)C=C4)C=C3. The van der Waals surface area contributed by atoms with Crippen molar-refractivity contribution in [3.8, 4) is 0 Å². The monoisotopic (exact) mass is 443 g/mol. The van der Waals surface area contributed by atoms with Crippen LogP contribution in [0.15, 0.2) is 114 Å². The summed E-state index contributed by atoms with van der Waals surface area (Å²) in [5.74, 6) is 0. The fraction of sp³-hybridized carbons (Fsp3) is 0. The average molecular weight is 443 g/mol. The van der Waals surface area contributed by atoms with E-state index >= 15 is 0 Å². The number of hydrogen-bond acceptors (Lipinski definition) is 6. The van der Waals surface area contributed by atoms with Gasteiger partial charge in [-0.1, -0.05) is 0 Å². The summed E-state index contributed by atoms with van der Waals surface area (Å²) < 4.78 is 32.6. The molecule has 0 unspecified atom stereocenters. The molecule has 5 aliphatic heterocycles. The molecule has 1 N–H and O–H groups in total. The van der Waals surface area contributed by atoms with E-state index in [1.807, 2.05) is 48.6 Å². The first kappa shape index (κ1) is 18.1. The molecule has 0 aromatic heterocycles. The molecule has 9 heteroatoms. The van der Waals surface area contributed by atoms with E-state index in [9.17, 15) is 13.0 Å². The molecular formula is C20H12MnN4O3S. The van der Waals surface area contributed by atoms with Gasteiger partial charge in [-0.25, -0.2) is 0 Å². The molecule has 0 saturated heterocycles. The molecule has 0 atom stereocenters. The molecule has 5 heterocycles. The molecule has 0 aliphatic carbocycles. The second-order valence-corrected chi connectivity index (χ2v) is 10.5. The van der Waals surface area contributed by atoms with E-state index in [1.165, 1.54) is 0 Å². The average Bonchev–Trinajstić information content (AvgIpc) is 3.39. The molecule has 0 spiro atoms. The Bertz CT molecular complexity index is 1330. The second-order valence-electron chi connectivity index (χ2n) is 6.37. The van der Waals surface area contributed by atoms with E-state index < -0.39 is 22.4 Å².